The minimum absolute atomic E-state index is 0.0263. The van der Waals surface area contributed by atoms with Crippen molar-refractivity contribution in [3.63, 3.8) is 0 Å². The molecule has 0 amide bonds. The van der Waals surface area contributed by atoms with Gasteiger partial charge in [-0.1, -0.05) is 12.1 Å². The van der Waals surface area contributed by atoms with Crippen LogP contribution in [0.3, 0.4) is 0 Å². The summed E-state index contributed by atoms with van der Waals surface area (Å²) in [4.78, 5) is 0. The lowest BCUT2D eigenvalue weighted by Crippen LogP contribution is -2.22. The van der Waals surface area contributed by atoms with Crippen molar-refractivity contribution in [2.75, 3.05) is 12.4 Å². The van der Waals surface area contributed by atoms with Crippen molar-refractivity contribution in [3.05, 3.63) is 30.1 Å². The number of benzene rings is 1. The molecule has 0 heterocycles. The molecule has 0 radical (unpaired) electrons. The Morgan fingerprint density at radius 2 is 1.94 bits per heavy atom. The molecule has 0 spiro atoms. The molecule has 0 saturated heterocycles. The normalized spacial score (nSPS) is 11.8. The SMILES string of the molecule is CC(C)S(=O)(=O)CCOc1ccccc1F. The van der Waals surface area contributed by atoms with Crippen LogP contribution in [-0.4, -0.2) is 26.0 Å². The number of hydrogen-bond donors (Lipinski definition) is 0. The molecule has 3 nitrogen and oxygen atoms in total. The Kier molecular flexibility index (Phi) is 4.29. The van der Waals surface area contributed by atoms with Crippen LogP contribution in [0, 0.1) is 5.82 Å². The van der Waals surface area contributed by atoms with Gasteiger partial charge >= 0.3 is 0 Å². The van der Waals surface area contributed by atoms with Gasteiger partial charge in [0, 0.05) is 0 Å². The smallest absolute Gasteiger partial charge is 0.165 e. The zero-order chi connectivity index (χ0) is 12.2. The van der Waals surface area contributed by atoms with Crippen molar-refractivity contribution in [1.82, 2.24) is 0 Å². The van der Waals surface area contributed by atoms with E-state index in [0.717, 1.165) is 0 Å². The zero-order valence-electron chi connectivity index (χ0n) is 9.31. The van der Waals surface area contributed by atoms with E-state index in [9.17, 15) is 12.8 Å². The predicted molar refractivity (Wildman–Crippen MR) is 60.8 cm³/mol. The van der Waals surface area contributed by atoms with Gasteiger partial charge in [0.1, 0.15) is 6.61 Å². The van der Waals surface area contributed by atoms with Crippen LogP contribution in [0.15, 0.2) is 24.3 Å². The van der Waals surface area contributed by atoms with Gasteiger partial charge in [-0.2, -0.15) is 0 Å². The van der Waals surface area contributed by atoms with E-state index in [1.54, 1.807) is 26.0 Å². The summed E-state index contributed by atoms with van der Waals surface area (Å²) >= 11 is 0. The standard InChI is InChI=1S/C11H15FO3S/c1-9(2)16(13,14)8-7-15-11-6-4-3-5-10(11)12/h3-6,9H,7-8H2,1-2H3. The summed E-state index contributed by atoms with van der Waals surface area (Å²) in [5, 5.41) is -0.434. The van der Waals surface area contributed by atoms with Crippen molar-refractivity contribution in [2.45, 2.75) is 19.1 Å². The van der Waals surface area contributed by atoms with Crippen LogP contribution in [0.4, 0.5) is 4.39 Å². The molecule has 0 bridgehead atoms. The van der Waals surface area contributed by atoms with Gasteiger partial charge in [0.05, 0.1) is 11.0 Å². The maximum absolute atomic E-state index is 13.1. The summed E-state index contributed by atoms with van der Waals surface area (Å²) in [6.45, 7) is 3.19. The van der Waals surface area contributed by atoms with Gasteiger partial charge in [-0.15, -0.1) is 0 Å². The summed E-state index contributed by atoms with van der Waals surface area (Å²) < 4.78 is 41.0. The second-order valence-corrected chi connectivity index (χ2v) is 6.37. The maximum Gasteiger partial charge on any atom is 0.165 e. The molecule has 0 aliphatic heterocycles. The van der Waals surface area contributed by atoms with Gasteiger partial charge in [0.25, 0.3) is 0 Å². The van der Waals surface area contributed by atoms with Gasteiger partial charge in [-0.3, -0.25) is 0 Å². The van der Waals surface area contributed by atoms with E-state index in [2.05, 4.69) is 0 Å². The molecule has 1 rings (SSSR count). The fourth-order valence-corrected chi connectivity index (χ4v) is 1.85. The second-order valence-electron chi connectivity index (χ2n) is 3.69. The highest BCUT2D eigenvalue weighted by Gasteiger charge is 2.16. The van der Waals surface area contributed by atoms with E-state index in [-0.39, 0.29) is 18.1 Å². The molecule has 16 heavy (non-hydrogen) atoms. The highest BCUT2D eigenvalue weighted by atomic mass is 32.2. The molecule has 90 valence electrons. The fourth-order valence-electron chi connectivity index (χ4n) is 1.07. The Labute approximate surface area is 95.2 Å². The van der Waals surface area contributed by atoms with Crippen molar-refractivity contribution < 1.29 is 17.5 Å². The van der Waals surface area contributed by atoms with E-state index in [4.69, 9.17) is 4.74 Å². The second kappa shape index (κ2) is 5.30. The molecule has 1 aromatic carbocycles. The first-order chi connectivity index (χ1) is 7.43. The van der Waals surface area contributed by atoms with Crippen molar-refractivity contribution >= 4 is 9.84 Å². The van der Waals surface area contributed by atoms with E-state index < -0.39 is 20.9 Å². The third-order valence-corrected chi connectivity index (χ3v) is 4.35. The monoisotopic (exact) mass is 246 g/mol. The first-order valence-electron chi connectivity index (χ1n) is 5.02. The van der Waals surface area contributed by atoms with E-state index in [1.165, 1.54) is 12.1 Å². The van der Waals surface area contributed by atoms with Crippen LogP contribution in [-0.2, 0) is 9.84 Å². The molecule has 0 N–H and O–H groups in total. The Hall–Kier alpha value is -1.10. The number of ether oxygens (including phenoxy) is 1. The first kappa shape index (κ1) is 13.0. The quantitative estimate of drug-likeness (QED) is 0.798. The summed E-state index contributed by atoms with van der Waals surface area (Å²) in [6.07, 6.45) is 0. The molecule has 5 heteroatoms. The largest absolute Gasteiger partial charge is 0.489 e. The molecule has 0 aliphatic carbocycles. The van der Waals surface area contributed by atoms with Gasteiger partial charge in [-0.25, -0.2) is 12.8 Å². The Balaban J connectivity index is 2.52. The fraction of sp³-hybridized carbons (Fsp3) is 0.455. The van der Waals surface area contributed by atoms with Crippen molar-refractivity contribution in [1.29, 1.82) is 0 Å². The van der Waals surface area contributed by atoms with Crippen LogP contribution in [0.25, 0.3) is 0 Å². The third kappa shape index (κ3) is 3.48. The summed E-state index contributed by atoms with van der Waals surface area (Å²) in [6, 6.07) is 5.92. The molecule has 1 aromatic rings. The van der Waals surface area contributed by atoms with Crippen molar-refractivity contribution in [2.24, 2.45) is 0 Å². The predicted octanol–water partition coefficient (Wildman–Crippen LogP) is 2.03. The van der Waals surface area contributed by atoms with Gasteiger partial charge in [0.2, 0.25) is 0 Å². The lowest BCUT2D eigenvalue weighted by atomic mass is 10.3. The van der Waals surface area contributed by atoms with Crippen LogP contribution in [0.5, 0.6) is 5.75 Å². The average Bonchev–Trinajstić information content (AvgIpc) is 2.20. The lowest BCUT2D eigenvalue weighted by Gasteiger charge is -2.09. The maximum atomic E-state index is 13.1. The topological polar surface area (TPSA) is 43.4 Å². The molecule has 0 aliphatic rings. The Bertz CT molecular complexity index is 440. The number of hydrogen-bond acceptors (Lipinski definition) is 3. The lowest BCUT2D eigenvalue weighted by molar-refractivity contribution is 0.322. The van der Waals surface area contributed by atoms with Crippen molar-refractivity contribution in [3.8, 4) is 5.75 Å². The van der Waals surface area contributed by atoms with Crippen LogP contribution in [0.1, 0.15) is 13.8 Å². The Morgan fingerprint density at radius 1 is 1.31 bits per heavy atom. The molecule has 0 atom stereocenters. The van der Waals surface area contributed by atoms with Gasteiger partial charge in [0.15, 0.2) is 21.4 Å². The molecule has 0 unspecified atom stereocenters. The Morgan fingerprint density at radius 3 is 2.50 bits per heavy atom. The number of para-hydroxylation sites is 1. The van der Waals surface area contributed by atoms with E-state index in [1.807, 2.05) is 0 Å². The molecular formula is C11H15FO3S. The molecule has 0 aromatic heterocycles. The average molecular weight is 246 g/mol. The minimum atomic E-state index is -3.13. The molecule has 0 fully saturated rings. The highest BCUT2D eigenvalue weighted by molar-refractivity contribution is 7.91. The van der Waals surface area contributed by atoms with Crippen LogP contribution < -0.4 is 4.74 Å². The zero-order valence-corrected chi connectivity index (χ0v) is 10.1. The number of rotatable bonds is 5. The highest BCUT2D eigenvalue weighted by Crippen LogP contribution is 2.15. The van der Waals surface area contributed by atoms with E-state index >= 15 is 0 Å². The first-order valence-corrected chi connectivity index (χ1v) is 6.74. The number of sulfone groups is 1. The summed E-state index contributed by atoms with van der Waals surface area (Å²) in [7, 11) is -3.13. The van der Waals surface area contributed by atoms with Gasteiger partial charge in [-0.05, 0) is 26.0 Å². The van der Waals surface area contributed by atoms with Crippen LogP contribution in [0.2, 0.25) is 0 Å². The van der Waals surface area contributed by atoms with Gasteiger partial charge < -0.3 is 4.74 Å². The summed E-state index contributed by atoms with van der Waals surface area (Å²) in [5.74, 6) is -0.496. The minimum Gasteiger partial charge on any atom is -0.489 e. The number of halogens is 1. The molecular weight excluding hydrogens is 231 g/mol. The molecule has 0 saturated carbocycles. The van der Waals surface area contributed by atoms with Crippen LogP contribution >= 0.6 is 0 Å². The third-order valence-electron chi connectivity index (χ3n) is 2.18. The summed E-state index contributed by atoms with van der Waals surface area (Å²) in [5.41, 5.74) is 0. The van der Waals surface area contributed by atoms with E-state index in [0.29, 0.717) is 0 Å².